The molecule has 0 unspecified atom stereocenters. The molecule has 0 bridgehead atoms. The largest absolute Gasteiger partial charge is 0.691 e. The van der Waals surface area contributed by atoms with Crippen molar-refractivity contribution in [3.8, 4) is 0 Å². The van der Waals surface area contributed by atoms with Gasteiger partial charge in [-0.25, -0.2) is 5.26 Å². The van der Waals surface area contributed by atoms with Gasteiger partial charge in [-0.1, -0.05) is 23.2 Å². The predicted molar refractivity (Wildman–Crippen MR) is 118 cm³/mol. The van der Waals surface area contributed by atoms with Crippen molar-refractivity contribution >= 4 is 41.2 Å². The topological polar surface area (TPSA) is 95.3 Å². The third-order valence-electron chi connectivity index (χ3n) is 4.97. The van der Waals surface area contributed by atoms with Crippen molar-refractivity contribution < 1.29 is 33.8 Å². The van der Waals surface area contributed by atoms with Crippen LogP contribution in [0.25, 0.3) is 0 Å². The molecule has 1 heterocycles. The number of anilines is 1. The van der Waals surface area contributed by atoms with Crippen LogP contribution in [0, 0.1) is 0 Å². The van der Waals surface area contributed by atoms with Gasteiger partial charge in [-0.05, 0) is 38.1 Å². The first-order valence-electron chi connectivity index (χ1n) is 9.58. The van der Waals surface area contributed by atoms with Gasteiger partial charge in [-0.2, -0.15) is 8.91 Å². The SMILES string of the molecule is CC1(C)C(/C=C/Nc2ccccc2)=[N+](CCCSOO[O-])c2ccc(SOOO)cc21. The van der Waals surface area contributed by atoms with Gasteiger partial charge in [0, 0.05) is 58.7 Å². The van der Waals surface area contributed by atoms with E-state index < -0.39 is 0 Å². The standard InChI is InChI=1S/C21H24N2O6S2/c1-21(2)18-15-17(31-29-27-25)9-10-19(18)23(13-6-14-30-28-26-24)20(21)11-12-22-16-7-4-3-5-8-16/h3-5,7-12,15,24-25H,6,13-14H2,1-2H3. The lowest BCUT2D eigenvalue weighted by Crippen LogP contribution is -2.28. The van der Waals surface area contributed by atoms with Gasteiger partial charge < -0.3 is 10.6 Å². The van der Waals surface area contributed by atoms with Crippen molar-refractivity contribution in [3.63, 3.8) is 0 Å². The molecule has 1 aliphatic heterocycles. The number of nitrogens with one attached hydrogen (secondary N) is 1. The average Bonchev–Trinajstić information content (AvgIpc) is 2.99. The minimum Gasteiger partial charge on any atom is -0.691 e. The van der Waals surface area contributed by atoms with Crippen LogP contribution in [-0.2, 0) is 24.2 Å². The van der Waals surface area contributed by atoms with Crippen molar-refractivity contribution in [1.82, 2.24) is 0 Å². The van der Waals surface area contributed by atoms with Gasteiger partial charge in [0.05, 0.1) is 17.5 Å². The van der Waals surface area contributed by atoms with Crippen molar-refractivity contribution in [2.45, 2.75) is 30.6 Å². The molecule has 0 atom stereocenters. The van der Waals surface area contributed by atoms with E-state index in [1.807, 2.05) is 54.7 Å². The fraction of sp³-hybridized carbons (Fsp3) is 0.286. The number of fused-ring (bicyclic) bond motifs is 1. The summed E-state index contributed by atoms with van der Waals surface area (Å²) in [4.78, 5) is 0.810. The summed E-state index contributed by atoms with van der Waals surface area (Å²) in [5.41, 5.74) is 4.07. The van der Waals surface area contributed by atoms with Crippen molar-refractivity contribution in [3.05, 3.63) is 66.4 Å². The zero-order valence-corrected chi connectivity index (χ0v) is 18.8. The number of rotatable bonds is 12. The molecule has 166 valence electrons. The maximum Gasteiger partial charge on any atom is 0.209 e. The van der Waals surface area contributed by atoms with Gasteiger partial charge in [-0.15, -0.1) is 4.33 Å². The maximum atomic E-state index is 9.98. The normalized spacial score (nSPS) is 15.0. The van der Waals surface area contributed by atoms with E-state index in [0.29, 0.717) is 5.75 Å². The summed E-state index contributed by atoms with van der Waals surface area (Å²) in [6.07, 6.45) is 4.80. The quantitative estimate of drug-likeness (QED) is 0.156. The van der Waals surface area contributed by atoms with Gasteiger partial charge in [0.25, 0.3) is 0 Å². The molecule has 0 fully saturated rings. The van der Waals surface area contributed by atoms with Crippen LogP contribution in [0.2, 0.25) is 0 Å². The molecule has 2 aromatic rings. The third kappa shape index (κ3) is 6.09. The van der Waals surface area contributed by atoms with Crippen LogP contribution in [0.3, 0.4) is 0 Å². The first kappa shape index (κ1) is 23.8. The molecule has 0 aliphatic carbocycles. The molecule has 0 aromatic heterocycles. The van der Waals surface area contributed by atoms with Crippen molar-refractivity contribution in [1.29, 1.82) is 0 Å². The highest BCUT2D eigenvalue weighted by Gasteiger charge is 2.44. The Bertz CT molecular complexity index is 921. The summed E-state index contributed by atoms with van der Waals surface area (Å²) in [6.45, 7) is 5.06. The molecule has 0 spiro atoms. The second-order valence-corrected chi connectivity index (χ2v) is 8.78. The molecular formula is C21H24N2O6S2. The fourth-order valence-corrected chi connectivity index (χ4v) is 4.34. The summed E-state index contributed by atoms with van der Waals surface area (Å²) < 4.78 is 11.2. The summed E-state index contributed by atoms with van der Waals surface area (Å²) in [5.74, 6) is 0.614. The van der Waals surface area contributed by atoms with E-state index in [4.69, 9.17) is 5.26 Å². The Hall–Kier alpha value is -1.89. The maximum absolute atomic E-state index is 9.98. The highest BCUT2D eigenvalue weighted by Crippen LogP contribution is 2.42. The van der Waals surface area contributed by atoms with E-state index >= 15 is 0 Å². The molecule has 10 heteroatoms. The van der Waals surface area contributed by atoms with E-state index in [-0.39, 0.29) is 5.41 Å². The monoisotopic (exact) mass is 464 g/mol. The van der Waals surface area contributed by atoms with Gasteiger partial charge in [0.1, 0.15) is 6.54 Å². The molecule has 0 saturated carbocycles. The van der Waals surface area contributed by atoms with Crippen LogP contribution in [0.4, 0.5) is 11.4 Å². The first-order valence-corrected chi connectivity index (χ1v) is 11.2. The zero-order valence-electron chi connectivity index (χ0n) is 17.1. The van der Waals surface area contributed by atoms with Crippen molar-refractivity contribution in [2.24, 2.45) is 0 Å². The number of allylic oxidation sites excluding steroid dienone is 1. The molecule has 3 rings (SSSR count). The van der Waals surface area contributed by atoms with Crippen LogP contribution in [0.1, 0.15) is 25.8 Å². The van der Waals surface area contributed by atoms with Crippen LogP contribution in [0.5, 0.6) is 0 Å². The van der Waals surface area contributed by atoms with E-state index in [2.05, 4.69) is 48.6 Å². The molecule has 2 N–H and O–H groups in total. The van der Waals surface area contributed by atoms with E-state index in [1.54, 1.807) is 0 Å². The van der Waals surface area contributed by atoms with Crippen LogP contribution in [0.15, 0.2) is 65.7 Å². The molecule has 8 nitrogen and oxygen atoms in total. The molecule has 1 aliphatic rings. The Morgan fingerprint density at radius 1 is 1.16 bits per heavy atom. The molecule has 2 aromatic carbocycles. The molecule has 31 heavy (non-hydrogen) atoms. The average molecular weight is 465 g/mol. The number of hydrogen-bond donors (Lipinski definition) is 2. The minimum absolute atomic E-state index is 0.275. The van der Waals surface area contributed by atoms with Crippen LogP contribution < -0.4 is 10.6 Å². The minimum atomic E-state index is -0.275. The second kappa shape index (κ2) is 11.7. The Balaban J connectivity index is 1.86. The number of benzene rings is 2. The van der Waals surface area contributed by atoms with E-state index in [9.17, 15) is 5.26 Å². The lowest BCUT2D eigenvalue weighted by Gasteiger charge is -2.16. The Morgan fingerprint density at radius 3 is 2.71 bits per heavy atom. The van der Waals surface area contributed by atoms with Crippen molar-refractivity contribution in [2.75, 3.05) is 17.6 Å². The lowest BCUT2D eigenvalue weighted by molar-refractivity contribution is -0.777. The van der Waals surface area contributed by atoms with Gasteiger partial charge in [-0.3, -0.25) is 5.04 Å². The highest BCUT2D eigenvalue weighted by molar-refractivity contribution is 7.94. The van der Waals surface area contributed by atoms with E-state index in [0.717, 1.165) is 64.6 Å². The smallest absolute Gasteiger partial charge is 0.209 e. The van der Waals surface area contributed by atoms with Crippen LogP contribution in [-0.4, -0.2) is 27.8 Å². The Kier molecular flexibility index (Phi) is 8.93. The number of hydrogen-bond acceptors (Lipinski definition) is 9. The van der Waals surface area contributed by atoms with Gasteiger partial charge >= 0.3 is 0 Å². The van der Waals surface area contributed by atoms with Crippen LogP contribution >= 0.6 is 24.1 Å². The Morgan fingerprint density at radius 2 is 1.97 bits per heavy atom. The number of para-hydroxylation sites is 1. The third-order valence-corrected chi connectivity index (χ3v) is 6.16. The summed E-state index contributed by atoms with van der Waals surface area (Å²) in [7, 11) is 0. The number of nitrogens with zero attached hydrogens (tertiary/aromatic N) is 1. The predicted octanol–water partition coefficient (Wildman–Crippen LogP) is 4.38. The molecule has 0 amide bonds. The summed E-state index contributed by atoms with van der Waals surface area (Å²) in [6, 6.07) is 15.9. The fourth-order valence-electron chi connectivity index (χ4n) is 3.59. The molecule has 0 saturated heterocycles. The molecular weight excluding hydrogens is 440 g/mol. The van der Waals surface area contributed by atoms with Gasteiger partial charge in [0.15, 0.2) is 5.71 Å². The zero-order chi connectivity index (χ0) is 22.1. The summed E-state index contributed by atoms with van der Waals surface area (Å²) >= 11 is 1.93. The summed E-state index contributed by atoms with van der Waals surface area (Å²) in [5, 5.41) is 28.9. The second-order valence-electron chi connectivity index (χ2n) is 7.22. The van der Waals surface area contributed by atoms with E-state index in [1.165, 1.54) is 0 Å². The molecule has 0 radical (unpaired) electrons. The lowest BCUT2D eigenvalue weighted by atomic mass is 9.81. The Labute approximate surface area is 189 Å². The first-order chi connectivity index (χ1) is 15.1. The van der Waals surface area contributed by atoms with Gasteiger partial charge in [0.2, 0.25) is 5.69 Å². The highest BCUT2D eigenvalue weighted by atomic mass is 32.2.